The molecule has 0 atom stereocenters. The van der Waals surface area contributed by atoms with Crippen molar-refractivity contribution >= 4 is 27.4 Å². The van der Waals surface area contributed by atoms with Crippen LogP contribution in [0.15, 0.2) is 41.0 Å². The molecule has 0 radical (unpaired) electrons. The first-order valence-corrected chi connectivity index (χ1v) is 5.84. The molecule has 0 aliphatic heterocycles. The molecule has 0 bridgehead atoms. The van der Waals surface area contributed by atoms with Gasteiger partial charge in [-0.3, -0.25) is 0 Å². The first-order chi connectivity index (χ1) is 8.16. The molecule has 2 aromatic rings. The number of nitrogen functional groups attached to an aromatic ring is 1. The topological polar surface area (TPSA) is 50.9 Å². The van der Waals surface area contributed by atoms with E-state index >= 15 is 0 Å². The van der Waals surface area contributed by atoms with E-state index in [4.69, 9.17) is 5.73 Å². The van der Waals surface area contributed by atoms with Gasteiger partial charge in [-0.25, -0.2) is 9.37 Å². The zero-order chi connectivity index (χ0) is 12.3. The molecule has 0 amide bonds. The Morgan fingerprint density at radius 3 is 2.94 bits per heavy atom. The Hall–Kier alpha value is -1.62. The highest BCUT2D eigenvalue weighted by Crippen LogP contribution is 2.18. The number of nitrogens with one attached hydrogen (secondary N) is 1. The maximum absolute atomic E-state index is 13.5. The van der Waals surface area contributed by atoms with Gasteiger partial charge < -0.3 is 11.1 Å². The highest BCUT2D eigenvalue weighted by molar-refractivity contribution is 9.10. The second kappa shape index (κ2) is 5.14. The van der Waals surface area contributed by atoms with E-state index < -0.39 is 0 Å². The molecular weight excluding hydrogens is 285 g/mol. The molecule has 0 spiro atoms. The minimum absolute atomic E-state index is 0.254. The molecule has 2 rings (SSSR count). The summed E-state index contributed by atoms with van der Waals surface area (Å²) in [7, 11) is 0. The minimum Gasteiger partial charge on any atom is -0.396 e. The average molecular weight is 296 g/mol. The number of halogens is 2. The van der Waals surface area contributed by atoms with Crippen LogP contribution in [0.5, 0.6) is 0 Å². The van der Waals surface area contributed by atoms with E-state index in [1.807, 2.05) is 0 Å². The molecule has 88 valence electrons. The Balaban J connectivity index is 2.12. The molecule has 1 aromatic heterocycles. The lowest BCUT2D eigenvalue weighted by Gasteiger charge is -2.08. The second-order valence-electron chi connectivity index (χ2n) is 3.53. The van der Waals surface area contributed by atoms with Crippen molar-refractivity contribution in [1.82, 2.24) is 4.98 Å². The van der Waals surface area contributed by atoms with Crippen molar-refractivity contribution in [3.05, 3.63) is 52.4 Å². The first kappa shape index (κ1) is 11.9. The monoisotopic (exact) mass is 295 g/mol. The van der Waals surface area contributed by atoms with Crippen LogP contribution in [0.3, 0.4) is 0 Å². The molecule has 0 aliphatic carbocycles. The van der Waals surface area contributed by atoms with Crippen molar-refractivity contribution in [2.24, 2.45) is 0 Å². The molecule has 0 saturated carbocycles. The largest absolute Gasteiger partial charge is 0.396 e. The maximum Gasteiger partial charge on any atom is 0.149 e. The van der Waals surface area contributed by atoms with E-state index in [1.165, 1.54) is 6.07 Å². The van der Waals surface area contributed by atoms with E-state index in [0.717, 1.165) is 4.47 Å². The number of pyridine rings is 1. The van der Waals surface area contributed by atoms with Crippen LogP contribution in [-0.4, -0.2) is 4.98 Å². The van der Waals surface area contributed by atoms with Crippen molar-refractivity contribution in [2.75, 3.05) is 11.1 Å². The summed E-state index contributed by atoms with van der Waals surface area (Å²) in [6.45, 7) is 0.340. The molecule has 0 fully saturated rings. The highest BCUT2D eigenvalue weighted by atomic mass is 79.9. The minimum atomic E-state index is -0.254. The smallest absolute Gasteiger partial charge is 0.149 e. The number of nitrogens with zero attached hydrogens (tertiary/aromatic N) is 1. The van der Waals surface area contributed by atoms with Gasteiger partial charge in [-0.2, -0.15) is 0 Å². The number of rotatable bonds is 3. The highest BCUT2D eigenvalue weighted by Gasteiger charge is 2.04. The number of nitrogens with two attached hydrogens (primary N) is 1. The van der Waals surface area contributed by atoms with Crippen LogP contribution in [0.2, 0.25) is 0 Å². The summed E-state index contributed by atoms with van der Waals surface area (Å²) in [6.07, 6.45) is 1.63. The van der Waals surface area contributed by atoms with Gasteiger partial charge in [0.15, 0.2) is 0 Å². The molecule has 5 heteroatoms. The lowest BCUT2D eigenvalue weighted by molar-refractivity contribution is 0.612. The van der Waals surface area contributed by atoms with Gasteiger partial charge in [-0.15, -0.1) is 0 Å². The van der Waals surface area contributed by atoms with Crippen molar-refractivity contribution in [2.45, 2.75) is 6.54 Å². The fourth-order valence-electron chi connectivity index (χ4n) is 1.42. The van der Waals surface area contributed by atoms with Crippen LogP contribution in [0.1, 0.15) is 5.56 Å². The Morgan fingerprint density at radius 2 is 2.18 bits per heavy atom. The summed E-state index contributed by atoms with van der Waals surface area (Å²) in [4.78, 5) is 4.08. The lowest BCUT2D eigenvalue weighted by Crippen LogP contribution is -2.05. The number of anilines is 2. The van der Waals surface area contributed by atoms with Crippen LogP contribution in [0.25, 0.3) is 0 Å². The first-order valence-electron chi connectivity index (χ1n) is 5.05. The second-order valence-corrected chi connectivity index (χ2v) is 4.45. The molecule has 17 heavy (non-hydrogen) atoms. The predicted molar refractivity (Wildman–Crippen MR) is 70.1 cm³/mol. The zero-order valence-corrected chi connectivity index (χ0v) is 10.5. The Labute approximate surface area is 107 Å². The zero-order valence-electron chi connectivity index (χ0n) is 8.95. The maximum atomic E-state index is 13.5. The van der Waals surface area contributed by atoms with Crippen molar-refractivity contribution in [1.29, 1.82) is 0 Å². The summed E-state index contributed by atoms with van der Waals surface area (Å²) in [5.41, 5.74) is 6.83. The SMILES string of the molecule is Nc1cccnc1NCc1cc(Br)ccc1F. The van der Waals surface area contributed by atoms with E-state index in [1.54, 1.807) is 30.5 Å². The molecule has 0 aliphatic rings. The van der Waals surface area contributed by atoms with Crippen molar-refractivity contribution in [3.8, 4) is 0 Å². The fraction of sp³-hybridized carbons (Fsp3) is 0.0833. The standard InChI is InChI=1S/C12H11BrFN3/c13-9-3-4-10(14)8(6-9)7-17-12-11(15)2-1-5-16-12/h1-6H,7,15H2,(H,16,17). The van der Waals surface area contributed by atoms with Gasteiger partial charge in [-0.05, 0) is 30.3 Å². The van der Waals surface area contributed by atoms with Crippen molar-refractivity contribution < 1.29 is 4.39 Å². The van der Waals surface area contributed by atoms with Gasteiger partial charge in [0, 0.05) is 22.8 Å². The Kier molecular flexibility index (Phi) is 3.58. The predicted octanol–water partition coefficient (Wildman–Crippen LogP) is 3.18. The molecule has 3 N–H and O–H groups in total. The molecule has 1 aromatic carbocycles. The van der Waals surface area contributed by atoms with Gasteiger partial charge in [0.2, 0.25) is 0 Å². The van der Waals surface area contributed by atoms with Gasteiger partial charge >= 0.3 is 0 Å². The molecule has 0 unspecified atom stereocenters. The number of hydrogen-bond acceptors (Lipinski definition) is 3. The molecule has 3 nitrogen and oxygen atoms in total. The van der Waals surface area contributed by atoms with Gasteiger partial charge in [0.1, 0.15) is 11.6 Å². The normalized spacial score (nSPS) is 10.2. The summed E-state index contributed by atoms with van der Waals surface area (Å²) >= 11 is 3.30. The van der Waals surface area contributed by atoms with E-state index in [2.05, 4.69) is 26.2 Å². The summed E-state index contributed by atoms with van der Waals surface area (Å²) in [5, 5.41) is 3.00. The Bertz CT molecular complexity index is 531. The third-order valence-electron chi connectivity index (χ3n) is 2.29. The van der Waals surface area contributed by atoms with Crippen LogP contribution in [0, 0.1) is 5.82 Å². The van der Waals surface area contributed by atoms with Crippen LogP contribution >= 0.6 is 15.9 Å². The fourth-order valence-corrected chi connectivity index (χ4v) is 1.83. The van der Waals surface area contributed by atoms with Gasteiger partial charge in [0.25, 0.3) is 0 Å². The van der Waals surface area contributed by atoms with Gasteiger partial charge in [-0.1, -0.05) is 15.9 Å². The number of hydrogen-bond donors (Lipinski definition) is 2. The van der Waals surface area contributed by atoms with Gasteiger partial charge in [0.05, 0.1) is 5.69 Å². The summed E-state index contributed by atoms with van der Waals surface area (Å²) < 4.78 is 14.3. The Morgan fingerprint density at radius 1 is 1.35 bits per heavy atom. The van der Waals surface area contributed by atoms with Crippen molar-refractivity contribution in [3.63, 3.8) is 0 Å². The molecule has 1 heterocycles. The molecular formula is C12H11BrFN3. The van der Waals surface area contributed by atoms with Crippen LogP contribution in [-0.2, 0) is 6.54 Å². The van der Waals surface area contributed by atoms with E-state index in [-0.39, 0.29) is 5.82 Å². The number of aromatic nitrogens is 1. The molecule has 0 saturated heterocycles. The van der Waals surface area contributed by atoms with Crippen LogP contribution < -0.4 is 11.1 Å². The third-order valence-corrected chi connectivity index (χ3v) is 2.79. The van der Waals surface area contributed by atoms with E-state index in [9.17, 15) is 4.39 Å². The summed E-state index contributed by atoms with van der Waals surface area (Å²) in [6, 6.07) is 8.30. The van der Waals surface area contributed by atoms with E-state index in [0.29, 0.717) is 23.6 Å². The van der Waals surface area contributed by atoms with Crippen LogP contribution in [0.4, 0.5) is 15.9 Å². The summed E-state index contributed by atoms with van der Waals surface area (Å²) in [5.74, 6) is 0.307. The number of benzene rings is 1. The lowest BCUT2D eigenvalue weighted by atomic mass is 10.2. The quantitative estimate of drug-likeness (QED) is 0.914. The average Bonchev–Trinajstić information content (AvgIpc) is 2.32. The third kappa shape index (κ3) is 2.94.